The molecule has 2 aromatic heterocycles. The van der Waals surface area contributed by atoms with Gasteiger partial charge in [0.2, 0.25) is 5.88 Å². The van der Waals surface area contributed by atoms with Crippen LogP contribution in [0.1, 0.15) is 26.6 Å². The van der Waals surface area contributed by atoms with Crippen LogP contribution in [0.5, 0.6) is 5.88 Å². The molecule has 0 saturated heterocycles. The van der Waals surface area contributed by atoms with Crippen LogP contribution in [0.15, 0.2) is 18.2 Å². The summed E-state index contributed by atoms with van der Waals surface area (Å²) in [6, 6.07) is 5.49. The number of anilines is 1. The van der Waals surface area contributed by atoms with Crippen LogP contribution < -0.4 is 10.1 Å². The van der Waals surface area contributed by atoms with E-state index < -0.39 is 0 Å². The van der Waals surface area contributed by atoms with Gasteiger partial charge in [0.25, 0.3) is 5.91 Å². The number of methoxy groups -OCH3 is 2. The molecular formula is C18H18ClN3O3S. The van der Waals surface area contributed by atoms with E-state index in [9.17, 15) is 4.79 Å². The molecule has 1 N–H and O–H groups in total. The Bertz CT molecular complexity index is 987. The lowest BCUT2D eigenvalue weighted by molar-refractivity contribution is 0.103. The monoisotopic (exact) mass is 391 g/mol. The first-order valence-corrected chi connectivity index (χ1v) is 9.04. The number of aromatic nitrogens is 2. The molecule has 0 aliphatic carbocycles. The molecule has 8 heteroatoms. The van der Waals surface area contributed by atoms with E-state index in [0.29, 0.717) is 32.1 Å². The summed E-state index contributed by atoms with van der Waals surface area (Å²) in [6.45, 7) is 4.06. The minimum Gasteiger partial charge on any atom is -0.480 e. The number of nitrogens with zero attached hydrogens (tertiary/aromatic N) is 2. The average molecular weight is 392 g/mol. The lowest BCUT2D eigenvalue weighted by atomic mass is 10.2. The first-order chi connectivity index (χ1) is 12.4. The van der Waals surface area contributed by atoms with Crippen LogP contribution in [0, 0.1) is 13.8 Å². The molecule has 0 bridgehead atoms. The second kappa shape index (κ2) is 7.57. The largest absolute Gasteiger partial charge is 0.480 e. The van der Waals surface area contributed by atoms with Crippen molar-refractivity contribution in [1.29, 1.82) is 0 Å². The predicted octanol–water partition coefficient (Wildman–Crippen LogP) is 4.37. The molecule has 2 heterocycles. The van der Waals surface area contributed by atoms with E-state index in [1.165, 1.54) is 11.3 Å². The normalized spacial score (nSPS) is 11.0. The number of ether oxygens (including phenoxy) is 2. The van der Waals surface area contributed by atoms with Crippen molar-refractivity contribution in [3.8, 4) is 5.88 Å². The van der Waals surface area contributed by atoms with Crippen molar-refractivity contribution in [2.24, 2.45) is 0 Å². The van der Waals surface area contributed by atoms with Gasteiger partial charge in [0.1, 0.15) is 11.4 Å². The van der Waals surface area contributed by atoms with Gasteiger partial charge in [-0.25, -0.2) is 4.98 Å². The number of rotatable bonds is 5. The Morgan fingerprint density at radius 2 is 2.04 bits per heavy atom. The van der Waals surface area contributed by atoms with Crippen LogP contribution >= 0.6 is 22.9 Å². The zero-order valence-corrected chi connectivity index (χ0v) is 16.4. The van der Waals surface area contributed by atoms with Gasteiger partial charge in [0, 0.05) is 7.11 Å². The number of nitrogens with one attached hydrogen (secondary N) is 1. The van der Waals surface area contributed by atoms with Crippen molar-refractivity contribution in [2.75, 3.05) is 19.5 Å². The van der Waals surface area contributed by atoms with E-state index in [0.717, 1.165) is 16.5 Å². The predicted molar refractivity (Wildman–Crippen MR) is 104 cm³/mol. The Labute approximate surface area is 160 Å². The van der Waals surface area contributed by atoms with Gasteiger partial charge in [0.05, 0.1) is 28.1 Å². The van der Waals surface area contributed by atoms with Crippen LogP contribution in [0.4, 0.5) is 5.69 Å². The number of benzene rings is 1. The Morgan fingerprint density at radius 3 is 2.69 bits per heavy atom. The second-order valence-electron chi connectivity index (χ2n) is 5.76. The fourth-order valence-electron chi connectivity index (χ4n) is 2.60. The number of carbonyl (C=O) groups excluding carboxylic acids is 1. The summed E-state index contributed by atoms with van der Waals surface area (Å²) in [5.74, 6) is 0.696. The van der Waals surface area contributed by atoms with E-state index in [4.69, 9.17) is 21.1 Å². The van der Waals surface area contributed by atoms with Crippen LogP contribution in [-0.2, 0) is 11.3 Å². The molecule has 0 unspecified atom stereocenters. The topological polar surface area (TPSA) is 73.3 Å². The van der Waals surface area contributed by atoms with Crippen LogP contribution in [0.2, 0.25) is 5.02 Å². The molecule has 136 valence electrons. The molecule has 1 aromatic carbocycles. The highest BCUT2D eigenvalue weighted by atomic mass is 35.5. The smallest absolute Gasteiger partial charge is 0.266 e. The van der Waals surface area contributed by atoms with Gasteiger partial charge in [0.15, 0.2) is 5.82 Å². The summed E-state index contributed by atoms with van der Waals surface area (Å²) >= 11 is 7.50. The number of fused-ring (bicyclic) bond motifs is 1. The van der Waals surface area contributed by atoms with Gasteiger partial charge >= 0.3 is 0 Å². The highest BCUT2D eigenvalue weighted by Crippen LogP contribution is 2.35. The summed E-state index contributed by atoms with van der Waals surface area (Å²) in [4.78, 5) is 22.8. The van der Waals surface area contributed by atoms with Crippen molar-refractivity contribution in [3.05, 3.63) is 45.1 Å². The zero-order valence-electron chi connectivity index (χ0n) is 14.8. The number of halogens is 1. The number of hydrogen-bond donors (Lipinski definition) is 1. The Morgan fingerprint density at radius 1 is 1.27 bits per heavy atom. The number of aryl methyl sites for hydroxylation is 2. The Hall–Kier alpha value is -2.22. The lowest BCUT2D eigenvalue weighted by Crippen LogP contribution is -2.11. The van der Waals surface area contributed by atoms with Gasteiger partial charge in [-0.1, -0.05) is 17.7 Å². The molecule has 0 aliphatic rings. The van der Waals surface area contributed by atoms with E-state index in [-0.39, 0.29) is 12.5 Å². The molecule has 0 spiro atoms. The number of hydrogen-bond acceptors (Lipinski definition) is 6. The van der Waals surface area contributed by atoms with E-state index >= 15 is 0 Å². The number of carbonyl (C=O) groups is 1. The fraction of sp³-hybridized carbons (Fsp3) is 0.278. The van der Waals surface area contributed by atoms with Crippen molar-refractivity contribution < 1.29 is 14.3 Å². The minimum atomic E-state index is -0.244. The summed E-state index contributed by atoms with van der Waals surface area (Å²) in [7, 11) is 3.12. The maximum absolute atomic E-state index is 12.8. The van der Waals surface area contributed by atoms with E-state index in [2.05, 4.69) is 15.3 Å². The van der Waals surface area contributed by atoms with Crippen LogP contribution in [0.25, 0.3) is 10.2 Å². The summed E-state index contributed by atoms with van der Waals surface area (Å²) in [6.07, 6.45) is 0. The number of thiophene rings is 1. The van der Waals surface area contributed by atoms with E-state index in [1.807, 2.05) is 19.9 Å². The van der Waals surface area contributed by atoms with Gasteiger partial charge in [-0.2, -0.15) is 4.98 Å². The SMILES string of the molecule is COCc1nc(OC)c2c(C)c(C(=O)Nc3ccc(C)cc3Cl)sc2n1. The van der Waals surface area contributed by atoms with E-state index in [1.54, 1.807) is 26.4 Å². The fourth-order valence-corrected chi connectivity index (χ4v) is 3.97. The second-order valence-corrected chi connectivity index (χ2v) is 7.16. The molecule has 0 radical (unpaired) electrons. The quantitative estimate of drug-likeness (QED) is 0.699. The molecule has 26 heavy (non-hydrogen) atoms. The molecule has 0 atom stereocenters. The van der Waals surface area contributed by atoms with Crippen LogP contribution in [-0.4, -0.2) is 30.1 Å². The third-order valence-electron chi connectivity index (χ3n) is 3.85. The third-order valence-corrected chi connectivity index (χ3v) is 5.35. The van der Waals surface area contributed by atoms with Crippen LogP contribution in [0.3, 0.4) is 0 Å². The molecule has 3 aromatic rings. The highest BCUT2D eigenvalue weighted by Gasteiger charge is 2.21. The maximum atomic E-state index is 12.8. The summed E-state index contributed by atoms with van der Waals surface area (Å²) in [5, 5.41) is 4.09. The Balaban J connectivity index is 2.01. The molecule has 3 rings (SSSR count). The summed E-state index contributed by atoms with van der Waals surface area (Å²) < 4.78 is 10.5. The zero-order chi connectivity index (χ0) is 18.8. The Kier molecular flexibility index (Phi) is 5.41. The van der Waals surface area contributed by atoms with Gasteiger partial charge < -0.3 is 14.8 Å². The molecule has 0 fully saturated rings. The molecule has 1 amide bonds. The molecular weight excluding hydrogens is 374 g/mol. The maximum Gasteiger partial charge on any atom is 0.266 e. The molecule has 0 aliphatic heterocycles. The lowest BCUT2D eigenvalue weighted by Gasteiger charge is -2.07. The van der Waals surface area contributed by atoms with Crippen molar-refractivity contribution in [2.45, 2.75) is 20.5 Å². The average Bonchev–Trinajstić information content (AvgIpc) is 2.94. The first-order valence-electron chi connectivity index (χ1n) is 7.85. The third kappa shape index (κ3) is 3.51. The number of amides is 1. The van der Waals surface area contributed by atoms with Crippen molar-refractivity contribution >= 4 is 44.7 Å². The highest BCUT2D eigenvalue weighted by molar-refractivity contribution is 7.20. The van der Waals surface area contributed by atoms with Gasteiger partial charge in [-0.3, -0.25) is 4.79 Å². The van der Waals surface area contributed by atoms with Gasteiger partial charge in [-0.15, -0.1) is 11.3 Å². The summed E-state index contributed by atoms with van der Waals surface area (Å²) in [5.41, 5.74) is 2.36. The minimum absolute atomic E-state index is 0.244. The molecule has 0 saturated carbocycles. The standard InChI is InChI=1S/C18H18ClN3O3S/c1-9-5-6-12(11(19)7-9)20-16(23)15-10(2)14-17(25-4)21-13(8-24-3)22-18(14)26-15/h5-7H,8H2,1-4H3,(H,20,23). The van der Waals surface area contributed by atoms with Gasteiger partial charge in [-0.05, 0) is 37.1 Å². The van der Waals surface area contributed by atoms with Crippen molar-refractivity contribution in [3.63, 3.8) is 0 Å². The van der Waals surface area contributed by atoms with Crippen molar-refractivity contribution in [1.82, 2.24) is 9.97 Å². The first kappa shape index (κ1) is 18.6. The molecule has 6 nitrogen and oxygen atoms in total.